The highest BCUT2D eigenvalue weighted by molar-refractivity contribution is 6.04. The van der Waals surface area contributed by atoms with Crippen LogP contribution in [0, 0.1) is 6.92 Å². The number of benzene rings is 1. The highest BCUT2D eigenvalue weighted by atomic mass is 16.2. The van der Waals surface area contributed by atoms with Crippen molar-refractivity contribution in [2.75, 3.05) is 5.32 Å². The van der Waals surface area contributed by atoms with Gasteiger partial charge in [0.25, 0.3) is 11.5 Å². The van der Waals surface area contributed by atoms with Crippen LogP contribution in [0.2, 0.25) is 0 Å². The number of hydrazine groups is 1. The molecule has 0 spiro atoms. The van der Waals surface area contributed by atoms with Gasteiger partial charge in [0.2, 0.25) is 0 Å². The third-order valence-corrected chi connectivity index (χ3v) is 4.24. The van der Waals surface area contributed by atoms with Gasteiger partial charge in [-0.1, -0.05) is 23.8 Å². The van der Waals surface area contributed by atoms with Crippen LogP contribution in [0.4, 0.5) is 5.82 Å². The van der Waals surface area contributed by atoms with Gasteiger partial charge in [0.05, 0.1) is 5.70 Å². The summed E-state index contributed by atoms with van der Waals surface area (Å²) in [4.78, 5) is 23.9. The van der Waals surface area contributed by atoms with E-state index in [0.29, 0.717) is 11.4 Å². The average molecular weight is 362 g/mol. The van der Waals surface area contributed by atoms with Crippen molar-refractivity contribution in [2.45, 2.75) is 13.8 Å². The van der Waals surface area contributed by atoms with Crippen LogP contribution in [0.25, 0.3) is 5.70 Å². The number of rotatable bonds is 3. The van der Waals surface area contributed by atoms with Crippen LogP contribution in [0.1, 0.15) is 18.1 Å². The van der Waals surface area contributed by atoms with E-state index < -0.39 is 0 Å². The number of nitrogens with one attached hydrogen (secondary N) is 4. The molecule has 0 saturated heterocycles. The number of hydrogen-bond acceptors (Lipinski definition) is 6. The van der Waals surface area contributed by atoms with Gasteiger partial charge in [-0.15, -0.1) is 0 Å². The second-order valence-corrected chi connectivity index (χ2v) is 6.31. The fourth-order valence-corrected chi connectivity index (χ4v) is 2.98. The number of allylic oxidation sites excluding steroid dienone is 3. The molecular formula is C19H18N6O2. The van der Waals surface area contributed by atoms with Crippen LogP contribution >= 0.6 is 0 Å². The van der Waals surface area contributed by atoms with E-state index in [1.807, 2.05) is 44.2 Å². The van der Waals surface area contributed by atoms with Crippen molar-refractivity contribution in [3.05, 3.63) is 87.2 Å². The zero-order chi connectivity index (χ0) is 19.0. The Bertz CT molecular complexity index is 1060. The lowest BCUT2D eigenvalue weighted by molar-refractivity contribution is -0.114. The van der Waals surface area contributed by atoms with Gasteiger partial charge in [0, 0.05) is 11.8 Å². The number of hydrogen-bond donors (Lipinski definition) is 4. The van der Waals surface area contributed by atoms with Crippen molar-refractivity contribution < 1.29 is 4.79 Å². The van der Waals surface area contributed by atoms with Gasteiger partial charge in [0.15, 0.2) is 5.82 Å². The maximum atomic E-state index is 12.8. The van der Waals surface area contributed by atoms with Gasteiger partial charge < -0.3 is 10.6 Å². The molecule has 8 heteroatoms. The van der Waals surface area contributed by atoms with Crippen molar-refractivity contribution in [3.8, 4) is 0 Å². The molecule has 1 aromatic heterocycles. The molecule has 136 valence electrons. The molecule has 4 N–H and O–H groups in total. The Morgan fingerprint density at radius 2 is 2.00 bits per heavy atom. The van der Waals surface area contributed by atoms with Crippen LogP contribution in [-0.2, 0) is 4.79 Å². The molecule has 2 aliphatic rings. The SMILES string of the molecule is CC1=C(C(=O)Nc2ccc(=O)[nH]n2)N2NC(c3cccc(C)c3)=CC=C2N1. The largest absolute Gasteiger partial charge is 0.342 e. The van der Waals surface area contributed by atoms with Crippen LogP contribution in [-0.4, -0.2) is 21.1 Å². The van der Waals surface area contributed by atoms with Gasteiger partial charge >= 0.3 is 0 Å². The quantitative estimate of drug-likeness (QED) is 0.661. The molecule has 1 amide bonds. The fraction of sp³-hybridized carbons (Fsp3) is 0.105. The first-order chi connectivity index (χ1) is 13.0. The minimum atomic E-state index is -0.346. The molecule has 8 nitrogen and oxygen atoms in total. The molecule has 0 aliphatic carbocycles. The standard InChI is InChI=1S/C19H18N6O2/c1-11-4-3-5-13(10-11)14-6-8-16-20-12(2)18(25(16)24-14)19(27)21-15-7-9-17(26)23-22-15/h3-10,20,24H,1-2H3,(H,23,26)(H,21,22,27). The van der Waals surface area contributed by atoms with Crippen molar-refractivity contribution >= 4 is 17.4 Å². The third-order valence-electron chi connectivity index (χ3n) is 4.24. The molecule has 27 heavy (non-hydrogen) atoms. The highest BCUT2D eigenvalue weighted by Gasteiger charge is 2.32. The van der Waals surface area contributed by atoms with Gasteiger partial charge in [-0.05, 0) is 43.7 Å². The summed E-state index contributed by atoms with van der Waals surface area (Å²) in [5, 5.41) is 13.7. The van der Waals surface area contributed by atoms with Gasteiger partial charge in [-0.2, -0.15) is 5.10 Å². The summed E-state index contributed by atoms with van der Waals surface area (Å²) in [5.74, 6) is 0.674. The number of carbonyl (C=O) groups is 1. The molecule has 2 aromatic rings. The smallest absolute Gasteiger partial charge is 0.277 e. The molecule has 4 rings (SSSR count). The van der Waals surface area contributed by atoms with E-state index in [9.17, 15) is 9.59 Å². The van der Waals surface area contributed by atoms with E-state index in [1.165, 1.54) is 12.1 Å². The summed E-state index contributed by atoms with van der Waals surface area (Å²) < 4.78 is 0. The monoisotopic (exact) mass is 362 g/mol. The Morgan fingerprint density at radius 3 is 2.74 bits per heavy atom. The topological polar surface area (TPSA) is 102 Å². The van der Waals surface area contributed by atoms with E-state index in [4.69, 9.17) is 0 Å². The summed E-state index contributed by atoms with van der Waals surface area (Å²) >= 11 is 0. The van der Waals surface area contributed by atoms with Gasteiger partial charge in [-0.3, -0.25) is 15.0 Å². The van der Waals surface area contributed by atoms with Crippen LogP contribution in [0.5, 0.6) is 0 Å². The van der Waals surface area contributed by atoms with Gasteiger partial charge in [-0.25, -0.2) is 10.1 Å². The molecule has 0 fully saturated rings. The molecular weight excluding hydrogens is 344 g/mol. The maximum absolute atomic E-state index is 12.8. The second kappa shape index (κ2) is 6.49. The number of carbonyl (C=O) groups excluding carboxylic acids is 1. The molecule has 2 aliphatic heterocycles. The Kier molecular flexibility index (Phi) is 4.00. The van der Waals surface area contributed by atoms with E-state index in [-0.39, 0.29) is 17.3 Å². The summed E-state index contributed by atoms with van der Waals surface area (Å²) in [6.07, 6.45) is 3.88. The zero-order valence-electron chi connectivity index (χ0n) is 14.8. The Morgan fingerprint density at radius 1 is 1.15 bits per heavy atom. The lowest BCUT2D eigenvalue weighted by atomic mass is 10.1. The number of nitrogens with zero attached hydrogens (tertiary/aromatic N) is 2. The third kappa shape index (κ3) is 3.20. The van der Waals surface area contributed by atoms with Crippen LogP contribution in [0.3, 0.4) is 0 Å². The first-order valence-corrected chi connectivity index (χ1v) is 8.42. The van der Waals surface area contributed by atoms with Crippen molar-refractivity contribution in [2.24, 2.45) is 0 Å². The van der Waals surface area contributed by atoms with E-state index in [1.54, 1.807) is 5.01 Å². The summed E-state index contributed by atoms with van der Waals surface area (Å²) in [5.41, 5.74) is 7.13. The van der Waals surface area contributed by atoms with Gasteiger partial charge in [0.1, 0.15) is 11.5 Å². The molecule has 0 radical (unpaired) electrons. The Balaban J connectivity index is 1.58. The highest BCUT2D eigenvalue weighted by Crippen LogP contribution is 2.27. The number of aromatic nitrogens is 2. The lowest BCUT2D eigenvalue weighted by Crippen LogP contribution is -2.40. The number of amides is 1. The molecule has 0 unspecified atom stereocenters. The normalized spacial score (nSPS) is 15.4. The summed E-state index contributed by atoms with van der Waals surface area (Å²) in [6.45, 7) is 3.86. The number of anilines is 1. The van der Waals surface area contributed by atoms with Crippen LogP contribution < -0.4 is 21.6 Å². The predicted molar refractivity (Wildman–Crippen MR) is 102 cm³/mol. The lowest BCUT2D eigenvalue weighted by Gasteiger charge is -2.28. The van der Waals surface area contributed by atoms with Crippen molar-refractivity contribution in [1.29, 1.82) is 0 Å². The van der Waals surface area contributed by atoms with Crippen molar-refractivity contribution in [3.63, 3.8) is 0 Å². The molecule has 0 atom stereocenters. The Labute approximate surface area is 155 Å². The molecule has 0 bridgehead atoms. The summed E-state index contributed by atoms with van der Waals surface area (Å²) in [7, 11) is 0. The molecule has 3 heterocycles. The van der Waals surface area contributed by atoms with Crippen molar-refractivity contribution in [1.82, 2.24) is 25.9 Å². The van der Waals surface area contributed by atoms with Crippen LogP contribution in [0.15, 0.2) is 70.6 Å². The number of aryl methyl sites for hydroxylation is 1. The molecule has 1 aromatic carbocycles. The van der Waals surface area contributed by atoms with E-state index in [0.717, 1.165) is 22.6 Å². The first-order valence-electron chi connectivity index (χ1n) is 8.42. The van der Waals surface area contributed by atoms with E-state index >= 15 is 0 Å². The zero-order valence-corrected chi connectivity index (χ0v) is 14.8. The summed E-state index contributed by atoms with van der Waals surface area (Å²) in [6, 6.07) is 10.9. The minimum absolute atomic E-state index is 0.267. The Hall–Kier alpha value is -3.81. The predicted octanol–water partition coefficient (Wildman–Crippen LogP) is 1.55. The maximum Gasteiger partial charge on any atom is 0.277 e. The second-order valence-electron chi connectivity index (χ2n) is 6.31. The average Bonchev–Trinajstić information content (AvgIpc) is 2.98. The minimum Gasteiger partial charge on any atom is -0.342 e. The fourth-order valence-electron chi connectivity index (χ4n) is 2.98. The van der Waals surface area contributed by atoms with E-state index in [2.05, 4.69) is 32.3 Å². The number of fused-ring (bicyclic) bond motifs is 1. The molecule has 0 saturated carbocycles. The first kappa shape index (κ1) is 16.6. The number of H-pyrrole nitrogens is 1. The number of aromatic amines is 1.